The number of hydrogen-bond acceptors (Lipinski definition) is 7. The van der Waals surface area contributed by atoms with Crippen LogP contribution in [0, 0.1) is 11.7 Å². The van der Waals surface area contributed by atoms with Crippen LogP contribution in [0.3, 0.4) is 0 Å². The van der Waals surface area contributed by atoms with Gasteiger partial charge in [0.1, 0.15) is 23.5 Å². The van der Waals surface area contributed by atoms with Crippen LogP contribution in [0.4, 0.5) is 19.0 Å². The molecule has 0 spiro atoms. The monoisotopic (exact) mass is 869 g/mol. The molecule has 1 aromatic carbocycles. The van der Waals surface area contributed by atoms with E-state index in [9.17, 15) is 4.79 Å². The molecule has 0 bridgehead atoms. The van der Waals surface area contributed by atoms with Gasteiger partial charge >= 0.3 is 0 Å². The maximum atomic E-state index is 15.8. The SMILES string of the molecule is C[C@@H](Nc1ncnc2c(OCCCCCCCI)c(=O)n(C3CCOCC3)cc12)c1cccc(C(F)(F)C2CCNCC2)c1F.I. The average molecular weight is 870 g/mol. The average Bonchev–Trinajstić information content (AvgIpc) is 3.06. The van der Waals surface area contributed by atoms with Crippen LogP contribution >= 0.6 is 46.6 Å². The molecule has 13 heteroatoms. The highest BCUT2D eigenvalue weighted by molar-refractivity contribution is 14.1. The summed E-state index contributed by atoms with van der Waals surface area (Å²) >= 11 is 2.39. The summed E-state index contributed by atoms with van der Waals surface area (Å²) in [5, 5.41) is 6.87. The molecule has 2 aromatic heterocycles. The number of piperidine rings is 1. The van der Waals surface area contributed by atoms with Crippen molar-refractivity contribution >= 4 is 63.3 Å². The van der Waals surface area contributed by atoms with Gasteiger partial charge in [-0.1, -0.05) is 60.1 Å². The highest BCUT2D eigenvalue weighted by Gasteiger charge is 2.44. The first kappa shape index (κ1) is 37.1. The van der Waals surface area contributed by atoms with Crippen LogP contribution in [0.15, 0.2) is 35.5 Å². The van der Waals surface area contributed by atoms with Crippen molar-refractivity contribution in [2.24, 2.45) is 5.92 Å². The summed E-state index contributed by atoms with van der Waals surface area (Å²) in [4.78, 5) is 22.6. The summed E-state index contributed by atoms with van der Waals surface area (Å²) in [6.07, 6.45) is 10.3. The Hall–Kier alpha value is -1.72. The van der Waals surface area contributed by atoms with Crippen molar-refractivity contribution in [2.45, 2.75) is 82.7 Å². The summed E-state index contributed by atoms with van der Waals surface area (Å²) in [5.41, 5.74) is -0.350. The molecule has 0 aliphatic carbocycles. The van der Waals surface area contributed by atoms with Crippen LogP contribution in [0.25, 0.3) is 10.9 Å². The lowest BCUT2D eigenvalue weighted by Crippen LogP contribution is -2.37. The van der Waals surface area contributed by atoms with E-state index in [1.807, 2.05) is 0 Å². The van der Waals surface area contributed by atoms with Crippen molar-refractivity contribution in [1.82, 2.24) is 19.9 Å². The molecule has 2 N–H and O–H groups in total. The van der Waals surface area contributed by atoms with Gasteiger partial charge in [-0.2, -0.15) is 0 Å². The minimum absolute atomic E-state index is 0. The second-order valence-corrected chi connectivity index (χ2v) is 13.1. The van der Waals surface area contributed by atoms with Gasteiger partial charge in [0, 0.05) is 36.9 Å². The van der Waals surface area contributed by atoms with Gasteiger partial charge in [-0.25, -0.2) is 23.1 Å². The fourth-order valence-corrected chi connectivity index (χ4v) is 6.86. The zero-order valence-corrected chi connectivity index (χ0v) is 30.7. The Labute approximate surface area is 299 Å². The number of pyridine rings is 1. The van der Waals surface area contributed by atoms with Crippen molar-refractivity contribution < 1.29 is 22.6 Å². The van der Waals surface area contributed by atoms with Crippen LogP contribution in [0.5, 0.6) is 5.75 Å². The third-order valence-corrected chi connectivity index (χ3v) is 9.73. The minimum Gasteiger partial charge on any atom is -0.486 e. The Morgan fingerprint density at radius 3 is 2.57 bits per heavy atom. The topological polar surface area (TPSA) is 90.3 Å². The van der Waals surface area contributed by atoms with Crippen molar-refractivity contribution in [3.05, 3.63) is 58.0 Å². The van der Waals surface area contributed by atoms with E-state index >= 15 is 13.2 Å². The number of benzene rings is 1. The number of nitrogens with zero attached hydrogens (tertiary/aromatic N) is 3. The Morgan fingerprint density at radius 1 is 1.11 bits per heavy atom. The third-order valence-electron chi connectivity index (χ3n) is 8.96. The van der Waals surface area contributed by atoms with Crippen LogP contribution in [0.1, 0.15) is 87.9 Å². The molecule has 2 fully saturated rings. The van der Waals surface area contributed by atoms with E-state index in [4.69, 9.17) is 9.47 Å². The molecule has 2 saturated heterocycles. The predicted molar refractivity (Wildman–Crippen MR) is 194 cm³/mol. The molecular weight excluding hydrogens is 825 g/mol. The summed E-state index contributed by atoms with van der Waals surface area (Å²) in [6, 6.07) is 3.40. The van der Waals surface area contributed by atoms with Gasteiger partial charge in [-0.15, -0.1) is 24.0 Å². The zero-order chi connectivity index (χ0) is 31.8. The smallest absolute Gasteiger partial charge is 0.295 e. The molecule has 1 atom stereocenters. The number of fused-ring (bicyclic) bond motifs is 1. The quantitative estimate of drug-likeness (QED) is 0.0968. The van der Waals surface area contributed by atoms with Gasteiger partial charge in [-0.05, 0) is 63.0 Å². The third kappa shape index (κ3) is 8.65. The van der Waals surface area contributed by atoms with E-state index < -0.39 is 29.3 Å². The Bertz CT molecular complexity index is 1480. The van der Waals surface area contributed by atoms with Crippen molar-refractivity contribution in [2.75, 3.05) is 42.7 Å². The molecule has 8 nitrogen and oxygen atoms in total. The van der Waals surface area contributed by atoms with Gasteiger partial charge in [0.15, 0.2) is 0 Å². The highest BCUT2D eigenvalue weighted by Crippen LogP contribution is 2.43. The maximum absolute atomic E-state index is 15.8. The molecule has 2 aliphatic rings. The van der Waals surface area contributed by atoms with Gasteiger partial charge in [0.25, 0.3) is 11.5 Å². The lowest BCUT2D eigenvalue weighted by atomic mass is 9.86. The van der Waals surface area contributed by atoms with Gasteiger partial charge < -0.3 is 24.7 Å². The molecule has 2 aliphatic heterocycles. The number of nitrogens with one attached hydrogen (secondary N) is 2. The first-order chi connectivity index (χ1) is 21.8. The second-order valence-electron chi connectivity index (χ2n) is 12.0. The normalized spacial score (nSPS) is 17.1. The van der Waals surface area contributed by atoms with E-state index in [0.29, 0.717) is 62.5 Å². The first-order valence-electron chi connectivity index (χ1n) is 16.1. The van der Waals surface area contributed by atoms with E-state index in [0.717, 1.165) is 23.7 Å². The summed E-state index contributed by atoms with van der Waals surface area (Å²) in [7, 11) is 0. The van der Waals surface area contributed by atoms with Crippen molar-refractivity contribution in [3.63, 3.8) is 0 Å². The van der Waals surface area contributed by atoms with Gasteiger partial charge in [0.05, 0.1) is 23.6 Å². The van der Waals surface area contributed by atoms with Gasteiger partial charge in [-0.3, -0.25) is 4.79 Å². The standard InChI is InChI=1S/C33H43F3IN5O3.HI/c1-22(25-8-7-9-27(28(25)34)33(35,36)23-10-15-38-16-11-23)41-31-26-20-42(24-12-18-44-19-13-24)32(43)30(29(26)39-21-40-31)45-17-6-4-2-3-5-14-37;/h7-9,20-24,38H,2-6,10-19H2,1H3,(H,39,40,41);1H/t22-;/m1./s1. The number of hydrogen-bond donors (Lipinski definition) is 2. The number of anilines is 1. The molecule has 254 valence electrons. The maximum Gasteiger partial charge on any atom is 0.295 e. The van der Waals surface area contributed by atoms with Gasteiger partial charge in [0.2, 0.25) is 5.75 Å². The largest absolute Gasteiger partial charge is 0.486 e. The predicted octanol–water partition coefficient (Wildman–Crippen LogP) is 7.93. The van der Waals surface area contributed by atoms with Crippen LogP contribution in [-0.2, 0) is 10.7 Å². The highest BCUT2D eigenvalue weighted by atomic mass is 127. The molecule has 3 aromatic rings. The minimum atomic E-state index is -3.29. The molecule has 46 heavy (non-hydrogen) atoms. The number of aromatic nitrogens is 3. The van der Waals surface area contributed by atoms with Crippen molar-refractivity contribution in [1.29, 1.82) is 0 Å². The second kappa shape index (κ2) is 17.6. The number of ether oxygens (including phenoxy) is 2. The molecule has 5 rings (SSSR count). The van der Waals surface area contributed by atoms with E-state index in [2.05, 4.69) is 43.2 Å². The van der Waals surface area contributed by atoms with E-state index in [1.165, 1.54) is 37.4 Å². The number of unbranched alkanes of at least 4 members (excludes halogenated alkanes) is 4. The number of rotatable bonds is 14. The summed E-state index contributed by atoms with van der Waals surface area (Å²) < 4.78 is 61.4. The van der Waals surface area contributed by atoms with Crippen molar-refractivity contribution in [3.8, 4) is 5.75 Å². The number of halogens is 5. The number of alkyl halides is 3. The lowest BCUT2D eigenvalue weighted by Gasteiger charge is -2.31. The molecule has 0 saturated carbocycles. The Kier molecular flexibility index (Phi) is 14.2. The van der Waals surface area contributed by atoms with E-state index in [-0.39, 0.29) is 59.7 Å². The fourth-order valence-electron chi connectivity index (χ4n) is 6.32. The Balaban J connectivity index is 0.00000480. The van der Waals surface area contributed by atoms with Crippen LogP contribution in [-0.4, -0.2) is 51.9 Å². The zero-order valence-electron chi connectivity index (χ0n) is 26.2. The molecule has 0 amide bonds. The molecule has 0 radical (unpaired) electrons. The first-order valence-corrected chi connectivity index (χ1v) is 17.7. The van der Waals surface area contributed by atoms with Crippen LogP contribution < -0.4 is 20.9 Å². The fraction of sp³-hybridized carbons (Fsp3) is 0.606. The Morgan fingerprint density at radius 2 is 1.83 bits per heavy atom. The summed E-state index contributed by atoms with van der Waals surface area (Å²) in [6.45, 7) is 4.18. The summed E-state index contributed by atoms with van der Waals surface area (Å²) in [5.74, 6) is -4.59. The molecule has 0 unspecified atom stereocenters. The molecule has 4 heterocycles. The lowest BCUT2D eigenvalue weighted by molar-refractivity contribution is -0.0781. The van der Waals surface area contributed by atoms with Crippen LogP contribution in [0.2, 0.25) is 0 Å². The van der Waals surface area contributed by atoms with E-state index in [1.54, 1.807) is 17.7 Å². The molecular formula is C33H44F3I2N5O3.